The molecule has 0 saturated heterocycles. The molecule has 168 valence electrons. The van der Waals surface area contributed by atoms with Gasteiger partial charge in [0.15, 0.2) is 15.0 Å². The number of hydrogen-bond donors (Lipinski definition) is 0. The third-order valence-electron chi connectivity index (χ3n) is 4.75. The lowest BCUT2D eigenvalue weighted by molar-refractivity contribution is 0.0985. The standard InChI is InChI=1S/C21H24ClN3O3S2.ClH/c1-5-30(27,28)16-8-6-7-15(13-16)20(26)25(12-11-24(3)4)21-23-18-14(2)9-10-17(22)19(18)29-21;/h6-10,13H,5,11-12H2,1-4H3;1H. The minimum Gasteiger partial charge on any atom is -0.308 e. The van der Waals surface area contributed by atoms with Crippen molar-refractivity contribution in [2.75, 3.05) is 37.8 Å². The number of sulfone groups is 1. The molecule has 0 N–H and O–H groups in total. The number of aromatic nitrogens is 1. The van der Waals surface area contributed by atoms with Crippen molar-refractivity contribution in [3.63, 3.8) is 0 Å². The molecule has 0 saturated carbocycles. The predicted octanol–water partition coefficient (Wildman–Crippen LogP) is 4.68. The van der Waals surface area contributed by atoms with Crippen LogP contribution in [0.15, 0.2) is 41.3 Å². The van der Waals surface area contributed by atoms with Gasteiger partial charge in [-0.2, -0.15) is 0 Å². The van der Waals surface area contributed by atoms with Gasteiger partial charge in [0.1, 0.15) is 0 Å². The second-order valence-corrected chi connectivity index (χ2v) is 10.9. The van der Waals surface area contributed by atoms with Crippen LogP contribution in [-0.2, 0) is 9.84 Å². The maximum absolute atomic E-state index is 13.4. The molecule has 1 aromatic heterocycles. The summed E-state index contributed by atoms with van der Waals surface area (Å²) in [5, 5.41) is 1.13. The predicted molar refractivity (Wildman–Crippen MR) is 131 cm³/mol. The van der Waals surface area contributed by atoms with Crippen LogP contribution in [0.25, 0.3) is 10.2 Å². The van der Waals surface area contributed by atoms with Gasteiger partial charge in [-0.15, -0.1) is 12.4 Å². The number of thiazole rings is 1. The molecule has 6 nitrogen and oxygen atoms in total. The minimum absolute atomic E-state index is 0. The normalized spacial score (nSPS) is 11.5. The Bertz CT molecular complexity index is 1150. The molecule has 0 atom stereocenters. The summed E-state index contributed by atoms with van der Waals surface area (Å²) in [4.78, 5) is 21.8. The third kappa shape index (κ3) is 5.56. The van der Waals surface area contributed by atoms with E-state index in [1.54, 1.807) is 24.0 Å². The van der Waals surface area contributed by atoms with Gasteiger partial charge < -0.3 is 4.90 Å². The Labute approximate surface area is 198 Å². The number of fused-ring (bicyclic) bond motifs is 1. The molecule has 3 aromatic rings. The van der Waals surface area contributed by atoms with Gasteiger partial charge in [-0.1, -0.05) is 42.0 Å². The second-order valence-electron chi connectivity index (χ2n) is 7.23. The number of carbonyl (C=O) groups excluding carboxylic acids is 1. The zero-order valence-corrected chi connectivity index (χ0v) is 21.0. The molecule has 0 radical (unpaired) electrons. The summed E-state index contributed by atoms with van der Waals surface area (Å²) in [6.07, 6.45) is 0. The first-order chi connectivity index (χ1) is 14.1. The van der Waals surface area contributed by atoms with Crippen molar-refractivity contribution in [1.82, 2.24) is 9.88 Å². The van der Waals surface area contributed by atoms with Crippen LogP contribution in [0.2, 0.25) is 5.02 Å². The van der Waals surface area contributed by atoms with E-state index in [0.717, 1.165) is 15.8 Å². The molecule has 10 heteroatoms. The van der Waals surface area contributed by atoms with Gasteiger partial charge in [-0.3, -0.25) is 9.69 Å². The Morgan fingerprint density at radius 2 is 1.87 bits per heavy atom. The van der Waals surface area contributed by atoms with Crippen molar-refractivity contribution in [3.8, 4) is 0 Å². The minimum atomic E-state index is -3.41. The number of benzene rings is 2. The quantitative estimate of drug-likeness (QED) is 0.469. The number of halogens is 2. The van der Waals surface area contributed by atoms with Crippen molar-refractivity contribution in [2.45, 2.75) is 18.7 Å². The van der Waals surface area contributed by atoms with Crippen molar-refractivity contribution >= 4 is 66.4 Å². The molecule has 0 aliphatic heterocycles. The molecule has 1 heterocycles. The summed E-state index contributed by atoms with van der Waals surface area (Å²) in [5.41, 5.74) is 2.06. The Morgan fingerprint density at radius 1 is 1.16 bits per heavy atom. The van der Waals surface area contributed by atoms with Gasteiger partial charge in [0.05, 0.1) is 25.9 Å². The van der Waals surface area contributed by atoms with Gasteiger partial charge >= 0.3 is 0 Å². The fourth-order valence-electron chi connectivity index (χ4n) is 2.94. The summed E-state index contributed by atoms with van der Waals surface area (Å²) in [5.74, 6) is -0.317. The molecule has 0 spiro atoms. The number of nitrogens with zero attached hydrogens (tertiary/aromatic N) is 3. The number of anilines is 1. The maximum atomic E-state index is 13.4. The number of carbonyl (C=O) groups is 1. The highest BCUT2D eigenvalue weighted by atomic mass is 35.5. The van der Waals surface area contributed by atoms with Crippen molar-refractivity contribution in [2.24, 2.45) is 0 Å². The van der Waals surface area contributed by atoms with Crippen LogP contribution in [0.3, 0.4) is 0 Å². The lowest BCUT2D eigenvalue weighted by Gasteiger charge is -2.22. The zero-order valence-electron chi connectivity index (χ0n) is 17.8. The number of hydrogen-bond acceptors (Lipinski definition) is 6. The summed E-state index contributed by atoms with van der Waals surface area (Å²) >= 11 is 7.71. The fourth-order valence-corrected chi connectivity index (χ4v) is 5.20. The van der Waals surface area contributed by atoms with E-state index in [0.29, 0.717) is 28.8 Å². The second kappa shape index (κ2) is 10.3. The SMILES string of the molecule is CCS(=O)(=O)c1cccc(C(=O)N(CCN(C)C)c2nc3c(C)ccc(Cl)c3s2)c1.Cl. The smallest absolute Gasteiger partial charge is 0.260 e. The summed E-state index contributed by atoms with van der Waals surface area (Å²) < 4.78 is 25.4. The Kier molecular flexibility index (Phi) is 8.47. The summed E-state index contributed by atoms with van der Waals surface area (Å²) in [6.45, 7) is 4.57. The summed E-state index contributed by atoms with van der Waals surface area (Å²) in [7, 11) is 0.443. The molecule has 1 amide bonds. The molecule has 31 heavy (non-hydrogen) atoms. The van der Waals surface area contributed by atoms with Crippen LogP contribution in [0, 0.1) is 6.92 Å². The average Bonchev–Trinajstić information content (AvgIpc) is 3.17. The van der Waals surface area contributed by atoms with E-state index >= 15 is 0 Å². The lowest BCUT2D eigenvalue weighted by atomic mass is 10.2. The lowest BCUT2D eigenvalue weighted by Crippen LogP contribution is -2.36. The highest BCUT2D eigenvalue weighted by molar-refractivity contribution is 7.91. The molecule has 3 rings (SSSR count). The van der Waals surface area contributed by atoms with E-state index in [2.05, 4.69) is 4.98 Å². The van der Waals surface area contributed by atoms with Crippen LogP contribution in [0.1, 0.15) is 22.8 Å². The van der Waals surface area contributed by atoms with Crippen LogP contribution in [0.4, 0.5) is 5.13 Å². The molecule has 0 bridgehead atoms. The van der Waals surface area contributed by atoms with Gasteiger partial charge in [0, 0.05) is 18.7 Å². The van der Waals surface area contributed by atoms with E-state index in [1.165, 1.54) is 23.5 Å². The van der Waals surface area contributed by atoms with E-state index < -0.39 is 9.84 Å². The van der Waals surface area contributed by atoms with Gasteiger partial charge in [0.25, 0.3) is 5.91 Å². The van der Waals surface area contributed by atoms with E-state index in [9.17, 15) is 13.2 Å². The molecule has 0 fully saturated rings. The first kappa shape index (κ1) is 25.5. The number of likely N-dealkylation sites (N-methyl/N-ethyl adjacent to an activating group) is 1. The highest BCUT2D eigenvalue weighted by Crippen LogP contribution is 2.36. The molecular weight excluding hydrogens is 477 g/mol. The number of aryl methyl sites for hydroxylation is 1. The first-order valence-electron chi connectivity index (χ1n) is 9.49. The zero-order chi connectivity index (χ0) is 22.1. The topological polar surface area (TPSA) is 70.6 Å². The van der Waals surface area contributed by atoms with Crippen molar-refractivity contribution in [1.29, 1.82) is 0 Å². The summed E-state index contributed by atoms with van der Waals surface area (Å²) in [6, 6.07) is 9.91. The number of amides is 1. The molecule has 0 unspecified atom stereocenters. The molecular formula is C21H25Cl2N3O3S2. The molecule has 0 aliphatic rings. The fraction of sp³-hybridized carbons (Fsp3) is 0.333. The number of rotatable bonds is 7. The van der Waals surface area contributed by atoms with Crippen molar-refractivity contribution < 1.29 is 13.2 Å². The molecule has 2 aromatic carbocycles. The van der Waals surface area contributed by atoms with E-state index in [4.69, 9.17) is 11.6 Å². The van der Waals surface area contributed by atoms with Crippen LogP contribution in [-0.4, -0.2) is 57.1 Å². The average molecular weight is 502 g/mol. The van der Waals surface area contributed by atoms with E-state index in [-0.39, 0.29) is 29.0 Å². The van der Waals surface area contributed by atoms with Gasteiger partial charge in [-0.05, 0) is 50.8 Å². The van der Waals surface area contributed by atoms with Crippen molar-refractivity contribution in [3.05, 3.63) is 52.5 Å². The van der Waals surface area contributed by atoms with E-state index in [1.807, 2.05) is 38.1 Å². The van der Waals surface area contributed by atoms with Crippen LogP contribution < -0.4 is 4.90 Å². The Morgan fingerprint density at radius 3 is 2.48 bits per heavy atom. The maximum Gasteiger partial charge on any atom is 0.260 e. The largest absolute Gasteiger partial charge is 0.308 e. The van der Waals surface area contributed by atoms with Gasteiger partial charge in [-0.25, -0.2) is 13.4 Å². The van der Waals surface area contributed by atoms with Crippen LogP contribution >= 0.6 is 35.3 Å². The third-order valence-corrected chi connectivity index (χ3v) is 8.02. The van der Waals surface area contributed by atoms with Gasteiger partial charge in [0.2, 0.25) is 0 Å². The first-order valence-corrected chi connectivity index (χ1v) is 12.3. The van der Waals surface area contributed by atoms with Crippen LogP contribution in [0.5, 0.6) is 0 Å². The Balaban J connectivity index is 0.00000341. The Hall–Kier alpha value is -1.71. The monoisotopic (exact) mass is 501 g/mol. The highest BCUT2D eigenvalue weighted by Gasteiger charge is 2.24. The molecule has 0 aliphatic carbocycles.